The number of carbonyl (C=O) groups excluding carboxylic acids is 1. The first-order chi connectivity index (χ1) is 7.54. The van der Waals surface area contributed by atoms with Crippen molar-refractivity contribution in [3.63, 3.8) is 0 Å². The molecule has 4 heteroatoms. The molecule has 16 heavy (non-hydrogen) atoms. The maximum absolute atomic E-state index is 11.4. The number of carbonyl (C=O) groups is 1. The van der Waals surface area contributed by atoms with E-state index in [2.05, 4.69) is 21.2 Å². The fraction of sp³-hybridized carbons (Fsp3) is 0.417. The molecule has 0 bridgehead atoms. The molecule has 0 aromatic heterocycles. The van der Waals surface area contributed by atoms with Crippen LogP contribution in [0.25, 0.3) is 0 Å². The molecule has 1 amide bonds. The van der Waals surface area contributed by atoms with E-state index in [0.717, 1.165) is 21.3 Å². The van der Waals surface area contributed by atoms with Gasteiger partial charge in [-0.25, -0.2) is 0 Å². The molecule has 0 spiro atoms. The summed E-state index contributed by atoms with van der Waals surface area (Å²) < 4.78 is 1.07. The van der Waals surface area contributed by atoms with Crippen LogP contribution < -0.4 is 5.32 Å². The second kappa shape index (κ2) is 6.01. The Hall–Kier alpha value is -0.870. The van der Waals surface area contributed by atoms with Crippen molar-refractivity contribution in [2.75, 3.05) is 11.9 Å². The van der Waals surface area contributed by atoms with Crippen molar-refractivity contribution in [2.24, 2.45) is 0 Å². The lowest BCUT2D eigenvalue weighted by Gasteiger charge is -2.09. The highest BCUT2D eigenvalue weighted by Crippen LogP contribution is 2.25. The van der Waals surface area contributed by atoms with Crippen LogP contribution in [0.3, 0.4) is 0 Å². The van der Waals surface area contributed by atoms with Gasteiger partial charge in [-0.05, 0) is 43.5 Å². The summed E-state index contributed by atoms with van der Waals surface area (Å²) >= 11 is 3.48. The molecular formula is C12H16BrNO2. The van der Waals surface area contributed by atoms with E-state index in [0.29, 0.717) is 12.8 Å². The van der Waals surface area contributed by atoms with Crippen molar-refractivity contribution in [1.29, 1.82) is 0 Å². The van der Waals surface area contributed by atoms with Gasteiger partial charge in [-0.1, -0.05) is 15.9 Å². The van der Waals surface area contributed by atoms with Crippen LogP contribution in [0.1, 0.15) is 24.0 Å². The molecule has 0 aliphatic rings. The molecule has 1 rings (SSSR count). The van der Waals surface area contributed by atoms with Gasteiger partial charge in [0, 0.05) is 23.2 Å². The Bertz CT molecular complexity index is 368. The highest BCUT2D eigenvalue weighted by atomic mass is 79.9. The number of aliphatic hydroxyl groups excluding tert-OH is 1. The third-order valence-corrected chi connectivity index (χ3v) is 3.53. The zero-order valence-electron chi connectivity index (χ0n) is 9.51. The molecule has 2 N–H and O–H groups in total. The second-order valence-corrected chi connectivity index (χ2v) is 4.59. The average Bonchev–Trinajstić information content (AvgIpc) is 2.23. The van der Waals surface area contributed by atoms with E-state index in [9.17, 15) is 4.79 Å². The fourth-order valence-corrected chi connectivity index (χ4v) is 1.71. The van der Waals surface area contributed by atoms with E-state index in [-0.39, 0.29) is 12.5 Å². The Morgan fingerprint density at radius 3 is 2.44 bits per heavy atom. The predicted molar refractivity (Wildman–Crippen MR) is 68.6 cm³/mol. The van der Waals surface area contributed by atoms with Crippen LogP contribution in [-0.4, -0.2) is 17.6 Å². The summed E-state index contributed by atoms with van der Waals surface area (Å²) in [5.41, 5.74) is 3.00. The molecule has 0 fully saturated rings. The summed E-state index contributed by atoms with van der Waals surface area (Å²) in [5, 5.41) is 11.4. The number of anilines is 1. The number of hydrogen-bond acceptors (Lipinski definition) is 2. The smallest absolute Gasteiger partial charge is 0.224 e. The summed E-state index contributed by atoms with van der Waals surface area (Å²) in [7, 11) is 0. The van der Waals surface area contributed by atoms with Gasteiger partial charge in [0.1, 0.15) is 0 Å². The van der Waals surface area contributed by atoms with Gasteiger partial charge in [0.15, 0.2) is 0 Å². The predicted octanol–water partition coefficient (Wildman–Crippen LogP) is 2.78. The zero-order valence-corrected chi connectivity index (χ0v) is 11.1. The van der Waals surface area contributed by atoms with Gasteiger partial charge in [0.05, 0.1) is 0 Å². The summed E-state index contributed by atoms with van der Waals surface area (Å²) in [6, 6.07) is 3.85. The Balaban J connectivity index is 2.71. The number of aliphatic hydroxyl groups is 1. The molecule has 0 aliphatic carbocycles. The topological polar surface area (TPSA) is 49.3 Å². The normalized spacial score (nSPS) is 10.2. The van der Waals surface area contributed by atoms with Gasteiger partial charge in [-0.15, -0.1) is 0 Å². The maximum Gasteiger partial charge on any atom is 0.224 e. The van der Waals surface area contributed by atoms with Gasteiger partial charge in [-0.3, -0.25) is 4.79 Å². The molecule has 0 aliphatic heterocycles. The van der Waals surface area contributed by atoms with Gasteiger partial charge in [0.2, 0.25) is 5.91 Å². The van der Waals surface area contributed by atoms with Crippen LogP contribution in [0.5, 0.6) is 0 Å². The van der Waals surface area contributed by atoms with Crippen LogP contribution >= 0.6 is 15.9 Å². The summed E-state index contributed by atoms with van der Waals surface area (Å²) in [6.45, 7) is 4.02. The highest BCUT2D eigenvalue weighted by molar-refractivity contribution is 9.10. The molecule has 88 valence electrons. The standard InChI is InChI=1S/C12H16BrNO2/c1-8-6-10(7-9(2)12(8)13)14-11(16)4-3-5-15/h6-7,15H,3-5H2,1-2H3,(H,14,16). The summed E-state index contributed by atoms with van der Waals surface area (Å²) in [5.74, 6) is -0.0600. The SMILES string of the molecule is Cc1cc(NC(=O)CCCO)cc(C)c1Br. The second-order valence-electron chi connectivity index (χ2n) is 3.80. The first kappa shape index (κ1) is 13.2. The number of rotatable bonds is 4. The maximum atomic E-state index is 11.4. The van der Waals surface area contributed by atoms with E-state index in [1.54, 1.807) is 0 Å². The molecule has 0 saturated heterocycles. The Labute approximate surface area is 104 Å². The van der Waals surface area contributed by atoms with Crippen molar-refractivity contribution in [3.05, 3.63) is 27.7 Å². The van der Waals surface area contributed by atoms with E-state index in [1.807, 2.05) is 26.0 Å². The summed E-state index contributed by atoms with van der Waals surface area (Å²) in [6.07, 6.45) is 0.852. The number of nitrogens with one attached hydrogen (secondary N) is 1. The van der Waals surface area contributed by atoms with E-state index >= 15 is 0 Å². The third kappa shape index (κ3) is 3.61. The van der Waals surface area contributed by atoms with Crippen molar-refractivity contribution in [3.8, 4) is 0 Å². The molecule has 1 aromatic carbocycles. The first-order valence-corrected chi connectivity index (χ1v) is 6.01. The van der Waals surface area contributed by atoms with Crippen molar-refractivity contribution < 1.29 is 9.90 Å². The minimum absolute atomic E-state index is 0.0474. The quantitative estimate of drug-likeness (QED) is 0.894. The van der Waals surface area contributed by atoms with Crippen molar-refractivity contribution >= 4 is 27.5 Å². The van der Waals surface area contributed by atoms with E-state index in [1.165, 1.54) is 0 Å². The summed E-state index contributed by atoms with van der Waals surface area (Å²) in [4.78, 5) is 11.4. The first-order valence-electron chi connectivity index (χ1n) is 5.22. The lowest BCUT2D eigenvalue weighted by Crippen LogP contribution is -2.12. The number of benzene rings is 1. The number of aryl methyl sites for hydroxylation is 2. The number of amides is 1. The largest absolute Gasteiger partial charge is 0.396 e. The van der Waals surface area contributed by atoms with Crippen LogP contribution in [0, 0.1) is 13.8 Å². The zero-order chi connectivity index (χ0) is 12.1. The molecule has 1 aromatic rings. The lowest BCUT2D eigenvalue weighted by atomic mass is 10.1. The van der Waals surface area contributed by atoms with Crippen LogP contribution in [0.4, 0.5) is 5.69 Å². The van der Waals surface area contributed by atoms with Gasteiger partial charge < -0.3 is 10.4 Å². The third-order valence-electron chi connectivity index (χ3n) is 2.28. The van der Waals surface area contributed by atoms with Crippen LogP contribution in [0.15, 0.2) is 16.6 Å². The molecule has 0 radical (unpaired) electrons. The monoisotopic (exact) mass is 285 g/mol. The number of hydrogen-bond donors (Lipinski definition) is 2. The van der Waals surface area contributed by atoms with Gasteiger partial charge >= 0.3 is 0 Å². The minimum atomic E-state index is -0.0600. The van der Waals surface area contributed by atoms with Crippen LogP contribution in [-0.2, 0) is 4.79 Å². The lowest BCUT2D eigenvalue weighted by molar-refractivity contribution is -0.116. The minimum Gasteiger partial charge on any atom is -0.396 e. The van der Waals surface area contributed by atoms with E-state index in [4.69, 9.17) is 5.11 Å². The van der Waals surface area contributed by atoms with Gasteiger partial charge in [-0.2, -0.15) is 0 Å². The molecule has 3 nitrogen and oxygen atoms in total. The Kier molecular flexibility index (Phi) is 4.96. The highest BCUT2D eigenvalue weighted by Gasteiger charge is 2.05. The number of halogens is 1. The average molecular weight is 286 g/mol. The van der Waals surface area contributed by atoms with Crippen molar-refractivity contribution in [1.82, 2.24) is 0 Å². The molecule has 0 saturated carbocycles. The Morgan fingerprint density at radius 2 is 1.94 bits per heavy atom. The van der Waals surface area contributed by atoms with Gasteiger partial charge in [0.25, 0.3) is 0 Å². The fourth-order valence-electron chi connectivity index (χ4n) is 1.48. The van der Waals surface area contributed by atoms with E-state index < -0.39 is 0 Å². The van der Waals surface area contributed by atoms with Crippen LogP contribution in [0.2, 0.25) is 0 Å². The Morgan fingerprint density at radius 1 is 1.38 bits per heavy atom. The van der Waals surface area contributed by atoms with Crippen molar-refractivity contribution in [2.45, 2.75) is 26.7 Å². The molecule has 0 heterocycles. The molecule has 0 atom stereocenters. The molecule has 0 unspecified atom stereocenters. The molecular weight excluding hydrogens is 270 g/mol.